The molecule has 0 saturated carbocycles. The van der Waals surface area contributed by atoms with Gasteiger partial charge >= 0.3 is 5.69 Å². The van der Waals surface area contributed by atoms with Crippen LogP contribution in [0, 0.1) is 21.4 Å². The fourth-order valence-corrected chi connectivity index (χ4v) is 2.13. The Hall–Kier alpha value is -2.29. The summed E-state index contributed by atoms with van der Waals surface area (Å²) in [4.78, 5) is 10.4. The Morgan fingerprint density at radius 3 is 2.62 bits per heavy atom. The predicted molar refractivity (Wildman–Crippen MR) is 78.6 cm³/mol. The van der Waals surface area contributed by atoms with Crippen LogP contribution in [0.25, 0.3) is 0 Å². The maximum absolute atomic E-state index is 10.9. The summed E-state index contributed by atoms with van der Waals surface area (Å²) in [7, 11) is 0. The van der Waals surface area contributed by atoms with Crippen molar-refractivity contribution in [1.29, 1.82) is 5.26 Å². The third-order valence-corrected chi connectivity index (χ3v) is 3.35. The van der Waals surface area contributed by atoms with Gasteiger partial charge in [0.2, 0.25) is 5.75 Å². The van der Waals surface area contributed by atoms with Gasteiger partial charge in [-0.1, -0.05) is 35.3 Å². The molecule has 0 amide bonds. The number of hydrogen-bond donors (Lipinski definition) is 0. The molecule has 0 atom stereocenters. The number of rotatable bonds is 4. The molecule has 0 aliphatic heterocycles. The smallest absolute Gasteiger partial charge is 0.312 e. The lowest BCUT2D eigenvalue weighted by Crippen LogP contribution is -2.00. The Morgan fingerprint density at radius 1 is 1.24 bits per heavy atom. The third kappa shape index (κ3) is 3.43. The van der Waals surface area contributed by atoms with E-state index in [1.807, 2.05) is 6.07 Å². The Kier molecular flexibility index (Phi) is 4.63. The summed E-state index contributed by atoms with van der Waals surface area (Å²) in [6.45, 7) is 0.00904. The number of benzene rings is 2. The van der Waals surface area contributed by atoms with E-state index in [0.717, 1.165) is 0 Å². The molecule has 5 nitrogen and oxygen atoms in total. The van der Waals surface area contributed by atoms with Gasteiger partial charge in [0.25, 0.3) is 0 Å². The first-order chi connectivity index (χ1) is 10.0. The topological polar surface area (TPSA) is 76.2 Å². The summed E-state index contributed by atoms with van der Waals surface area (Å²) >= 11 is 11.9. The van der Waals surface area contributed by atoms with E-state index >= 15 is 0 Å². The van der Waals surface area contributed by atoms with E-state index in [1.54, 1.807) is 12.1 Å². The maximum atomic E-state index is 10.9. The van der Waals surface area contributed by atoms with Gasteiger partial charge in [0.15, 0.2) is 0 Å². The van der Waals surface area contributed by atoms with Crippen molar-refractivity contribution in [3.63, 3.8) is 0 Å². The Balaban J connectivity index is 2.25. The molecule has 21 heavy (non-hydrogen) atoms. The van der Waals surface area contributed by atoms with Crippen molar-refractivity contribution in [3.05, 3.63) is 67.7 Å². The lowest BCUT2D eigenvalue weighted by Gasteiger charge is -2.09. The fraction of sp³-hybridized carbons (Fsp3) is 0.0714. The lowest BCUT2D eigenvalue weighted by molar-refractivity contribution is -0.385. The van der Waals surface area contributed by atoms with Crippen molar-refractivity contribution in [3.8, 4) is 11.8 Å². The molecular weight excluding hydrogens is 315 g/mol. The van der Waals surface area contributed by atoms with E-state index in [9.17, 15) is 10.1 Å². The van der Waals surface area contributed by atoms with E-state index in [2.05, 4.69) is 0 Å². The van der Waals surface area contributed by atoms with Gasteiger partial charge in [-0.05, 0) is 18.2 Å². The normalized spacial score (nSPS) is 9.95. The monoisotopic (exact) mass is 322 g/mol. The molecular formula is C14H8Cl2N2O3. The number of para-hydroxylation sites is 1. The summed E-state index contributed by atoms with van der Waals surface area (Å²) in [5.41, 5.74) is 0.810. The SMILES string of the molecule is N#Cc1ccc(COc2c(Cl)cccc2[N+](=O)[O-])c(Cl)c1. The summed E-state index contributed by atoms with van der Waals surface area (Å²) in [5.74, 6) is -0.00964. The average Bonchev–Trinajstić information content (AvgIpc) is 2.46. The van der Waals surface area contributed by atoms with Gasteiger partial charge in [-0.2, -0.15) is 5.26 Å². The molecule has 0 fully saturated rings. The molecule has 2 rings (SSSR count). The highest BCUT2D eigenvalue weighted by Gasteiger charge is 2.18. The first kappa shape index (κ1) is 15.1. The number of halogens is 2. The molecule has 0 aliphatic rings. The van der Waals surface area contributed by atoms with Crippen molar-refractivity contribution >= 4 is 28.9 Å². The van der Waals surface area contributed by atoms with Gasteiger partial charge < -0.3 is 4.74 Å². The molecule has 0 bridgehead atoms. The van der Waals surface area contributed by atoms with Gasteiger partial charge in [0, 0.05) is 16.7 Å². The van der Waals surface area contributed by atoms with E-state index in [4.69, 9.17) is 33.2 Å². The summed E-state index contributed by atoms with van der Waals surface area (Å²) in [6.07, 6.45) is 0. The maximum Gasteiger partial charge on any atom is 0.312 e. The van der Waals surface area contributed by atoms with Crippen LogP contribution in [0.5, 0.6) is 5.75 Å². The fourth-order valence-electron chi connectivity index (χ4n) is 1.67. The zero-order chi connectivity index (χ0) is 15.4. The number of nitro benzene ring substituents is 1. The van der Waals surface area contributed by atoms with E-state index in [1.165, 1.54) is 24.3 Å². The second-order valence-corrected chi connectivity index (χ2v) is 4.87. The summed E-state index contributed by atoms with van der Waals surface area (Å²) < 4.78 is 5.43. The number of hydrogen-bond acceptors (Lipinski definition) is 4. The van der Waals surface area contributed by atoms with Crippen LogP contribution in [0.2, 0.25) is 10.0 Å². The van der Waals surface area contributed by atoms with Gasteiger partial charge in [0.1, 0.15) is 6.61 Å². The number of nitrogens with zero attached hydrogens (tertiary/aromatic N) is 2. The van der Waals surface area contributed by atoms with Crippen LogP contribution in [0.4, 0.5) is 5.69 Å². The highest BCUT2D eigenvalue weighted by Crippen LogP contribution is 2.35. The van der Waals surface area contributed by atoms with Crippen LogP contribution in [0.1, 0.15) is 11.1 Å². The van der Waals surface area contributed by atoms with Gasteiger partial charge in [-0.15, -0.1) is 0 Å². The Morgan fingerprint density at radius 2 is 2.00 bits per heavy atom. The van der Waals surface area contributed by atoms with Crippen LogP contribution in [0.3, 0.4) is 0 Å². The molecule has 0 heterocycles. The van der Waals surface area contributed by atoms with E-state index < -0.39 is 4.92 Å². The zero-order valence-electron chi connectivity index (χ0n) is 10.5. The molecule has 2 aromatic carbocycles. The quantitative estimate of drug-likeness (QED) is 0.619. The molecule has 0 unspecified atom stereocenters. The van der Waals surface area contributed by atoms with Gasteiger partial charge in [-0.25, -0.2) is 0 Å². The highest BCUT2D eigenvalue weighted by molar-refractivity contribution is 6.32. The van der Waals surface area contributed by atoms with Crippen molar-refractivity contribution in [2.45, 2.75) is 6.61 Å². The molecule has 7 heteroatoms. The number of nitro groups is 1. The Bertz CT molecular complexity index is 741. The summed E-state index contributed by atoms with van der Waals surface area (Å²) in [5, 5.41) is 20.2. The molecule has 0 aliphatic carbocycles. The molecule has 0 N–H and O–H groups in total. The molecule has 106 valence electrons. The third-order valence-electron chi connectivity index (χ3n) is 2.70. The van der Waals surface area contributed by atoms with Gasteiger partial charge in [-0.3, -0.25) is 10.1 Å². The van der Waals surface area contributed by atoms with Crippen molar-refractivity contribution < 1.29 is 9.66 Å². The van der Waals surface area contributed by atoms with Crippen molar-refractivity contribution in [1.82, 2.24) is 0 Å². The van der Waals surface area contributed by atoms with Crippen LogP contribution in [0.15, 0.2) is 36.4 Å². The Labute approximate surface area is 130 Å². The predicted octanol–water partition coefficient (Wildman–Crippen LogP) is 4.35. The van der Waals surface area contributed by atoms with Crippen LogP contribution in [-0.2, 0) is 6.61 Å². The van der Waals surface area contributed by atoms with Gasteiger partial charge in [0.05, 0.1) is 21.6 Å². The first-order valence-electron chi connectivity index (χ1n) is 5.77. The minimum atomic E-state index is -0.568. The molecule has 0 saturated heterocycles. The van der Waals surface area contributed by atoms with E-state index in [0.29, 0.717) is 16.1 Å². The molecule has 0 spiro atoms. The highest BCUT2D eigenvalue weighted by atomic mass is 35.5. The largest absolute Gasteiger partial charge is 0.481 e. The minimum absolute atomic E-state index is 0.00904. The molecule has 2 aromatic rings. The molecule has 0 aromatic heterocycles. The summed E-state index contributed by atoms with van der Waals surface area (Å²) in [6, 6.07) is 11.0. The average molecular weight is 323 g/mol. The van der Waals surface area contributed by atoms with Crippen molar-refractivity contribution in [2.24, 2.45) is 0 Å². The minimum Gasteiger partial charge on any atom is -0.481 e. The second-order valence-electron chi connectivity index (χ2n) is 4.05. The molecule has 0 radical (unpaired) electrons. The lowest BCUT2D eigenvalue weighted by atomic mass is 10.1. The first-order valence-corrected chi connectivity index (χ1v) is 6.52. The van der Waals surface area contributed by atoms with E-state index in [-0.39, 0.29) is 23.1 Å². The zero-order valence-corrected chi connectivity index (χ0v) is 12.1. The van der Waals surface area contributed by atoms with Crippen molar-refractivity contribution in [2.75, 3.05) is 0 Å². The van der Waals surface area contributed by atoms with Crippen LogP contribution < -0.4 is 4.74 Å². The van der Waals surface area contributed by atoms with Crippen LogP contribution >= 0.6 is 23.2 Å². The standard InChI is InChI=1S/C14H8Cl2N2O3/c15-11-2-1-3-13(18(19)20)14(11)21-8-10-5-4-9(7-17)6-12(10)16/h1-6H,8H2. The van der Waals surface area contributed by atoms with Crippen LogP contribution in [-0.4, -0.2) is 4.92 Å². The number of nitriles is 1. The second kappa shape index (κ2) is 6.44. The number of ether oxygens (including phenoxy) is 1.